The van der Waals surface area contributed by atoms with Crippen LogP contribution in [0.25, 0.3) is 11.4 Å². The Labute approximate surface area is 171 Å². The van der Waals surface area contributed by atoms with Gasteiger partial charge in [0.05, 0.1) is 6.54 Å². The van der Waals surface area contributed by atoms with Crippen LogP contribution < -0.4 is 4.74 Å². The second kappa shape index (κ2) is 8.47. The van der Waals surface area contributed by atoms with Gasteiger partial charge in [-0.1, -0.05) is 67.9 Å². The Balaban J connectivity index is 1.53. The predicted molar refractivity (Wildman–Crippen MR) is 112 cm³/mol. The molecule has 0 unspecified atom stereocenters. The molecule has 29 heavy (non-hydrogen) atoms. The molecule has 0 saturated carbocycles. The number of aromatic nitrogens is 2. The van der Waals surface area contributed by atoms with Gasteiger partial charge in [0, 0.05) is 12.6 Å². The Bertz CT molecular complexity index is 954. The van der Waals surface area contributed by atoms with E-state index in [-0.39, 0.29) is 24.5 Å². The van der Waals surface area contributed by atoms with E-state index in [0.717, 1.165) is 11.1 Å². The average Bonchev–Trinajstić information content (AvgIpc) is 3.14. The normalized spacial score (nSPS) is 11.3. The lowest BCUT2D eigenvalue weighted by Crippen LogP contribution is -2.31. The number of carbonyl (C=O) groups is 1. The fourth-order valence-corrected chi connectivity index (χ4v) is 2.74. The summed E-state index contributed by atoms with van der Waals surface area (Å²) in [7, 11) is 1.68. The van der Waals surface area contributed by atoms with Gasteiger partial charge in [-0.3, -0.25) is 4.79 Å². The van der Waals surface area contributed by atoms with Crippen LogP contribution in [0.15, 0.2) is 53.1 Å². The molecule has 1 aromatic heterocycles. The fraction of sp³-hybridized carbons (Fsp3) is 0.348. The van der Waals surface area contributed by atoms with Crippen LogP contribution in [0, 0.1) is 6.92 Å². The molecule has 6 heteroatoms. The van der Waals surface area contributed by atoms with Crippen molar-refractivity contribution in [2.75, 3.05) is 13.7 Å². The number of hydrogen-bond acceptors (Lipinski definition) is 5. The number of carbonyl (C=O) groups excluding carboxylic acids is 1. The maximum atomic E-state index is 12.4. The van der Waals surface area contributed by atoms with Crippen molar-refractivity contribution >= 4 is 5.91 Å². The molecule has 0 aliphatic carbocycles. The summed E-state index contributed by atoms with van der Waals surface area (Å²) in [6, 6.07) is 15.7. The monoisotopic (exact) mass is 393 g/mol. The highest BCUT2D eigenvalue weighted by molar-refractivity contribution is 5.77. The third kappa shape index (κ3) is 5.44. The van der Waals surface area contributed by atoms with Crippen molar-refractivity contribution in [3.8, 4) is 17.1 Å². The number of likely N-dealkylation sites (N-methyl/N-ethyl adjacent to an activating group) is 1. The summed E-state index contributed by atoms with van der Waals surface area (Å²) in [5, 5.41) is 3.99. The summed E-state index contributed by atoms with van der Waals surface area (Å²) in [6.07, 6.45) is 0. The summed E-state index contributed by atoms with van der Waals surface area (Å²) >= 11 is 0. The second-order valence-corrected chi connectivity index (χ2v) is 8.19. The number of nitrogens with zero attached hydrogens (tertiary/aromatic N) is 3. The third-order valence-corrected chi connectivity index (χ3v) is 4.66. The van der Waals surface area contributed by atoms with Crippen LogP contribution in [0.3, 0.4) is 0 Å². The molecule has 0 spiro atoms. The molecule has 3 rings (SSSR count). The van der Waals surface area contributed by atoms with E-state index in [1.54, 1.807) is 7.05 Å². The zero-order chi connectivity index (χ0) is 21.0. The molecule has 0 radical (unpaired) electrons. The molecule has 0 fully saturated rings. The minimum Gasteiger partial charge on any atom is -0.484 e. The van der Waals surface area contributed by atoms with Crippen LogP contribution in [0.4, 0.5) is 0 Å². The molecule has 1 heterocycles. The summed E-state index contributed by atoms with van der Waals surface area (Å²) in [4.78, 5) is 18.3. The molecule has 2 aromatic carbocycles. The van der Waals surface area contributed by atoms with Crippen LogP contribution in [0.1, 0.15) is 37.8 Å². The van der Waals surface area contributed by atoms with E-state index in [1.807, 2.05) is 55.5 Å². The van der Waals surface area contributed by atoms with Gasteiger partial charge >= 0.3 is 0 Å². The first-order valence-corrected chi connectivity index (χ1v) is 9.59. The van der Waals surface area contributed by atoms with E-state index in [0.29, 0.717) is 17.5 Å². The van der Waals surface area contributed by atoms with Gasteiger partial charge in [0.1, 0.15) is 5.75 Å². The van der Waals surface area contributed by atoms with Crippen LogP contribution in [-0.2, 0) is 16.8 Å². The highest BCUT2D eigenvalue weighted by Gasteiger charge is 2.16. The molecule has 152 valence electrons. The van der Waals surface area contributed by atoms with Crippen molar-refractivity contribution < 1.29 is 14.1 Å². The fourth-order valence-electron chi connectivity index (χ4n) is 2.74. The number of amides is 1. The molecule has 6 nitrogen and oxygen atoms in total. The molecular formula is C23H27N3O3. The van der Waals surface area contributed by atoms with Crippen molar-refractivity contribution in [1.82, 2.24) is 15.0 Å². The maximum Gasteiger partial charge on any atom is 0.260 e. The van der Waals surface area contributed by atoms with Crippen molar-refractivity contribution in [2.45, 2.75) is 39.7 Å². The van der Waals surface area contributed by atoms with E-state index in [2.05, 4.69) is 30.9 Å². The zero-order valence-corrected chi connectivity index (χ0v) is 17.6. The minimum atomic E-state index is -0.167. The lowest BCUT2D eigenvalue weighted by Gasteiger charge is -2.19. The van der Waals surface area contributed by atoms with Crippen molar-refractivity contribution in [2.24, 2.45) is 0 Å². The first-order valence-electron chi connectivity index (χ1n) is 9.59. The van der Waals surface area contributed by atoms with Gasteiger partial charge in [-0.2, -0.15) is 4.98 Å². The van der Waals surface area contributed by atoms with Crippen molar-refractivity contribution in [3.05, 3.63) is 65.5 Å². The van der Waals surface area contributed by atoms with Crippen molar-refractivity contribution in [3.63, 3.8) is 0 Å². The highest BCUT2D eigenvalue weighted by atomic mass is 16.5. The Morgan fingerprint density at radius 1 is 1.07 bits per heavy atom. The quantitative estimate of drug-likeness (QED) is 0.622. The standard InChI is InChI=1S/C23H27N3O3/c1-16-6-8-17(9-7-16)22-24-20(29-25-22)14-26(5)21(27)15-28-19-12-10-18(11-13-19)23(2,3)4/h6-13H,14-15H2,1-5H3. The first-order chi connectivity index (χ1) is 13.7. The Morgan fingerprint density at radius 3 is 2.34 bits per heavy atom. The molecule has 0 aliphatic heterocycles. The molecule has 0 aliphatic rings. The van der Waals surface area contributed by atoms with Gasteiger partial charge in [0.25, 0.3) is 5.91 Å². The topological polar surface area (TPSA) is 68.5 Å². The van der Waals surface area contributed by atoms with E-state index in [9.17, 15) is 4.79 Å². The molecule has 3 aromatic rings. The van der Waals surface area contributed by atoms with Crippen LogP contribution >= 0.6 is 0 Å². The number of aryl methyl sites for hydroxylation is 1. The smallest absolute Gasteiger partial charge is 0.260 e. The van der Waals surface area contributed by atoms with E-state index < -0.39 is 0 Å². The minimum absolute atomic E-state index is 0.0513. The molecular weight excluding hydrogens is 366 g/mol. The molecule has 1 amide bonds. The zero-order valence-electron chi connectivity index (χ0n) is 17.6. The van der Waals surface area contributed by atoms with Gasteiger partial charge in [0.15, 0.2) is 6.61 Å². The SMILES string of the molecule is Cc1ccc(-c2noc(CN(C)C(=O)COc3ccc(C(C)(C)C)cc3)n2)cc1. The second-order valence-electron chi connectivity index (χ2n) is 8.19. The van der Waals surface area contributed by atoms with Gasteiger partial charge in [-0.25, -0.2) is 0 Å². The van der Waals surface area contributed by atoms with Gasteiger partial charge < -0.3 is 14.2 Å². The summed E-state index contributed by atoms with van der Waals surface area (Å²) in [5.74, 6) is 1.39. The molecule has 0 saturated heterocycles. The lowest BCUT2D eigenvalue weighted by atomic mass is 9.87. The number of benzene rings is 2. The Hall–Kier alpha value is -3.15. The molecule has 0 atom stereocenters. The first kappa shape index (κ1) is 20.6. The number of rotatable bonds is 6. The predicted octanol–water partition coefficient (Wildman–Crippen LogP) is 4.38. The highest BCUT2D eigenvalue weighted by Crippen LogP contribution is 2.24. The lowest BCUT2D eigenvalue weighted by molar-refractivity contribution is -0.132. The maximum absolute atomic E-state index is 12.4. The molecule has 0 N–H and O–H groups in total. The van der Waals surface area contributed by atoms with E-state index in [1.165, 1.54) is 10.5 Å². The van der Waals surface area contributed by atoms with Crippen LogP contribution in [0.2, 0.25) is 0 Å². The van der Waals surface area contributed by atoms with E-state index >= 15 is 0 Å². The number of ether oxygens (including phenoxy) is 1. The van der Waals surface area contributed by atoms with E-state index in [4.69, 9.17) is 9.26 Å². The van der Waals surface area contributed by atoms with Gasteiger partial charge in [-0.15, -0.1) is 0 Å². The Kier molecular flexibility index (Phi) is 6.01. The number of hydrogen-bond donors (Lipinski definition) is 0. The Morgan fingerprint density at radius 2 is 1.72 bits per heavy atom. The summed E-state index contributed by atoms with van der Waals surface area (Å²) in [6.45, 7) is 8.66. The molecule has 0 bridgehead atoms. The van der Waals surface area contributed by atoms with Crippen molar-refractivity contribution in [1.29, 1.82) is 0 Å². The summed E-state index contributed by atoms with van der Waals surface area (Å²) in [5.41, 5.74) is 3.34. The third-order valence-electron chi connectivity index (χ3n) is 4.66. The van der Waals surface area contributed by atoms with Crippen LogP contribution in [-0.4, -0.2) is 34.6 Å². The van der Waals surface area contributed by atoms with Gasteiger partial charge in [-0.05, 0) is 30.0 Å². The largest absolute Gasteiger partial charge is 0.484 e. The summed E-state index contributed by atoms with van der Waals surface area (Å²) < 4.78 is 10.9. The van der Waals surface area contributed by atoms with Gasteiger partial charge in [0.2, 0.25) is 11.7 Å². The van der Waals surface area contributed by atoms with Crippen LogP contribution in [0.5, 0.6) is 5.75 Å². The average molecular weight is 393 g/mol.